The van der Waals surface area contributed by atoms with Crippen LogP contribution in [-0.2, 0) is 0 Å². The number of aryl methyl sites for hydroxylation is 1. The Kier molecular flexibility index (Phi) is 2.81. The lowest BCUT2D eigenvalue weighted by Gasteiger charge is -2.08. The summed E-state index contributed by atoms with van der Waals surface area (Å²) in [5.74, 6) is 0. The van der Waals surface area contributed by atoms with Crippen molar-refractivity contribution in [2.75, 3.05) is 0 Å². The molecule has 78 valence electrons. The van der Waals surface area contributed by atoms with Crippen molar-refractivity contribution in [1.29, 1.82) is 0 Å². The number of rotatable bonds is 1. The SMILES string of the molecule is Cc1nn([C@@H]2C[C@@H](O)[C@@H](O)C2)cc1I. The molecule has 1 saturated carbocycles. The number of halogens is 1. The Morgan fingerprint density at radius 3 is 2.43 bits per heavy atom. The van der Waals surface area contributed by atoms with Gasteiger partial charge >= 0.3 is 0 Å². The molecule has 3 atom stereocenters. The first-order chi connectivity index (χ1) is 6.58. The van der Waals surface area contributed by atoms with Crippen LogP contribution in [0, 0.1) is 10.5 Å². The molecule has 0 saturated heterocycles. The monoisotopic (exact) mass is 308 g/mol. The van der Waals surface area contributed by atoms with Gasteiger partial charge in [0.1, 0.15) is 0 Å². The first-order valence-electron chi connectivity index (χ1n) is 4.65. The van der Waals surface area contributed by atoms with E-state index in [1.807, 2.05) is 17.8 Å². The van der Waals surface area contributed by atoms with Crippen LogP contribution in [0.5, 0.6) is 0 Å². The Labute approximate surface area is 96.1 Å². The van der Waals surface area contributed by atoms with Crippen molar-refractivity contribution in [3.8, 4) is 0 Å². The summed E-state index contributed by atoms with van der Waals surface area (Å²) in [6.07, 6.45) is 1.96. The molecule has 0 amide bonds. The van der Waals surface area contributed by atoms with Gasteiger partial charge in [0.25, 0.3) is 0 Å². The molecule has 14 heavy (non-hydrogen) atoms. The highest BCUT2D eigenvalue weighted by molar-refractivity contribution is 14.1. The summed E-state index contributed by atoms with van der Waals surface area (Å²) in [6, 6.07) is 0.141. The summed E-state index contributed by atoms with van der Waals surface area (Å²) in [7, 11) is 0. The first kappa shape index (κ1) is 10.4. The lowest BCUT2D eigenvalue weighted by Crippen LogP contribution is -2.17. The predicted molar refractivity (Wildman–Crippen MR) is 60.0 cm³/mol. The average molecular weight is 308 g/mol. The molecule has 0 spiro atoms. The van der Waals surface area contributed by atoms with E-state index < -0.39 is 12.2 Å². The van der Waals surface area contributed by atoms with Crippen molar-refractivity contribution in [3.63, 3.8) is 0 Å². The van der Waals surface area contributed by atoms with Gasteiger partial charge in [-0.2, -0.15) is 5.10 Å². The number of nitrogens with zero attached hydrogens (tertiary/aromatic N) is 2. The molecule has 2 N–H and O–H groups in total. The molecule has 1 heterocycles. The van der Waals surface area contributed by atoms with Gasteiger partial charge in [-0.15, -0.1) is 0 Å². The van der Waals surface area contributed by atoms with Crippen LogP contribution in [0.2, 0.25) is 0 Å². The van der Waals surface area contributed by atoms with Crippen LogP contribution in [0.3, 0.4) is 0 Å². The summed E-state index contributed by atoms with van der Waals surface area (Å²) in [5.41, 5.74) is 1.00. The van der Waals surface area contributed by atoms with Crippen molar-refractivity contribution >= 4 is 22.6 Å². The molecule has 1 aromatic heterocycles. The molecule has 0 aromatic carbocycles. The molecule has 1 aliphatic rings. The Bertz CT molecular complexity index is 310. The van der Waals surface area contributed by atoms with Crippen molar-refractivity contribution in [3.05, 3.63) is 15.5 Å². The normalized spacial score (nSPS) is 32.4. The fourth-order valence-corrected chi connectivity index (χ4v) is 2.22. The van der Waals surface area contributed by atoms with Crippen LogP contribution in [0.1, 0.15) is 24.6 Å². The zero-order valence-corrected chi connectivity index (χ0v) is 10.0. The number of aromatic nitrogens is 2. The first-order valence-corrected chi connectivity index (χ1v) is 5.73. The maximum absolute atomic E-state index is 9.41. The van der Waals surface area contributed by atoms with Gasteiger partial charge in [-0.1, -0.05) is 0 Å². The molecular weight excluding hydrogens is 295 g/mol. The summed E-state index contributed by atoms with van der Waals surface area (Å²) < 4.78 is 2.98. The van der Waals surface area contributed by atoms with E-state index in [2.05, 4.69) is 27.7 Å². The fourth-order valence-electron chi connectivity index (χ4n) is 1.83. The summed E-state index contributed by atoms with van der Waals surface area (Å²) in [6.45, 7) is 1.96. The van der Waals surface area contributed by atoms with Gasteiger partial charge in [-0.25, -0.2) is 0 Å². The Morgan fingerprint density at radius 2 is 2.00 bits per heavy atom. The van der Waals surface area contributed by atoms with Crippen molar-refractivity contribution in [2.24, 2.45) is 0 Å². The van der Waals surface area contributed by atoms with Gasteiger partial charge in [0.2, 0.25) is 0 Å². The smallest absolute Gasteiger partial charge is 0.0820 e. The Hall–Kier alpha value is -0.140. The molecule has 1 aliphatic carbocycles. The third kappa shape index (κ3) is 1.80. The Balaban J connectivity index is 2.17. The van der Waals surface area contributed by atoms with Crippen molar-refractivity contribution in [2.45, 2.75) is 38.0 Å². The van der Waals surface area contributed by atoms with Gasteiger partial charge in [0, 0.05) is 6.20 Å². The predicted octanol–water partition coefficient (Wildman–Crippen LogP) is 0.853. The van der Waals surface area contributed by atoms with Crippen LogP contribution in [-0.4, -0.2) is 32.2 Å². The largest absolute Gasteiger partial charge is 0.390 e. The van der Waals surface area contributed by atoms with Crippen LogP contribution in [0.25, 0.3) is 0 Å². The van der Waals surface area contributed by atoms with E-state index in [-0.39, 0.29) is 6.04 Å². The standard InChI is InChI=1S/C9H13IN2O2/c1-5-7(10)4-12(11-5)6-2-8(13)9(14)3-6/h4,6,8-9,13-14H,2-3H2,1H3/t6-,8-,9+. The van der Waals surface area contributed by atoms with Crippen molar-refractivity contribution < 1.29 is 10.2 Å². The molecule has 4 nitrogen and oxygen atoms in total. The van der Waals surface area contributed by atoms with E-state index in [4.69, 9.17) is 0 Å². The number of hydrogen-bond acceptors (Lipinski definition) is 3. The van der Waals surface area contributed by atoms with E-state index in [0.29, 0.717) is 12.8 Å². The van der Waals surface area contributed by atoms with Gasteiger partial charge in [0.05, 0.1) is 27.5 Å². The minimum Gasteiger partial charge on any atom is -0.390 e. The van der Waals surface area contributed by atoms with Crippen molar-refractivity contribution in [1.82, 2.24) is 9.78 Å². The molecule has 0 aliphatic heterocycles. The zero-order chi connectivity index (χ0) is 10.3. The van der Waals surface area contributed by atoms with Crippen LogP contribution >= 0.6 is 22.6 Å². The maximum Gasteiger partial charge on any atom is 0.0820 e. The third-order valence-corrected chi connectivity index (χ3v) is 3.76. The van der Waals surface area contributed by atoms with Gasteiger partial charge in [0.15, 0.2) is 0 Å². The fraction of sp³-hybridized carbons (Fsp3) is 0.667. The lowest BCUT2D eigenvalue weighted by atomic mass is 10.2. The highest BCUT2D eigenvalue weighted by Gasteiger charge is 2.33. The second-order valence-corrected chi connectivity index (χ2v) is 4.96. The minimum atomic E-state index is -0.595. The minimum absolute atomic E-state index is 0.141. The van der Waals surface area contributed by atoms with E-state index >= 15 is 0 Å². The maximum atomic E-state index is 9.41. The van der Waals surface area contributed by atoms with E-state index in [1.54, 1.807) is 0 Å². The lowest BCUT2D eigenvalue weighted by molar-refractivity contribution is 0.0438. The van der Waals surface area contributed by atoms with E-state index in [1.165, 1.54) is 0 Å². The average Bonchev–Trinajstić information content (AvgIpc) is 2.60. The molecule has 5 heteroatoms. The number of aliphatic hydroxyl groups is 2. The Morgan fingerprint density at radius 1 is 1.43 bits per heavy atom. The molecule has 0 bridgehead atoms. The molecule has 2 rings (SSSR count). The van der Waals surface area contributed by atoms with Crippen LogP contribution in [0.4, 0.5) is 0 Å². The topological polar surface area (TPSA) is 58.3 Å². The summed E-state index contributed by atoms with van der Waals surface area (Å²) in [5, 5.41) is 23.2. The molecule has 0 unspecified atom stereocenters. The molecule has 0 radical (unpaired) electrons. The highest BCUT2D eigenvalue weighted by atomic mass is 127. The number of hydrogen-bond donors (Lipinski definition) is 2. The van der Waals surface area contributed by atoms with Gasteiger partial charge in [-0.3, -0.25) is 4.68 Å². The summed E-state index contributed by atoms with van der Waals surface area (Å²) >= 11 is 2.23. The van der Waals surface area contributed by atoms with E-state index in [0.717, 1.165) is 9.26 Å². The molecular formula is C9H13IN2O2. The highest BCUT2D eigenvalue weighted by Crippen LogP contribution is 2.30. The number of aliphatic hydroxyl groups excluding tert-OH is 2. The second kappa shape index (κ2) is 3.79. The quantitative estimate of drug-likeness (QED) is 0.756. The van der Waals surface area contributed by atoms with Gasteiger partial charge in [-0.05, 0) is 42.4 Å². The van der Waals surface area contributed by atoms with Crippen LogP contribution in [0.15, 0.2) is 6.20 Å². The van der Waals surface area contributed by atoms with E-state index in [9.17, 15) is 10.2 Å². The van der Waals surface area contributed by atoms with Gasteiger partial charge < -0.3 is 10.2 Å². The third-order valence-electron chi connectivity index (χ3n) is 2.70. The van der Waals surface area contributed by atoms with Crippen LogP contribution < -0.4 is 0 Å². The summed E-state index contributed by atoms with van der Waals surface area (Å²) in [4.78, 5) is 0. The zero-order valence-electron chi connectivity index (χ0n) is 7.89. The molecule has 1 fully saturated rings. The molecule has 1 aromatic rings. The second-order valence-electron chi connectivity index (χ2n) is 3.80.